The SMILES string of the molecule is [B]c1nn2c3c(c(=O)n(-c4ccc(C(=O)NC)cc4)c2c1CC(C)C)C[C@@H](C)N(C(=O)c1ccc(Br)c(C(F)(F)F)c1)C3. The minimum atomic E-state index is -4.65. The summed E-state index contributed by atoms with van der Waals surface area (Å²) in [5.41, 5.74) is 1.74. The van der Waals surface area contributed by atoms with Crippen molar-refractivity contribution in [2.24, 2.45) is 5.92 Å². The average molecular weight is 654 g/mol. The molecule has 2 aromatic heterocycles. The van der Waals surface area contributed by atoms with E-state index in [2.05, 4.69) is 26.3 Å². The topological polar surface area (TPSA) is 88.7 Å². The lowest BCUT2D eigenvalue weighted by Gasteiger charge is -2.35. The molecule has 1 aliphatic rings. The van der Waals surface area contributed by atoms with Crippen molar-refractivity contribution >= 4 is 46.8 Å². The summed E-state index contributed by atoms with van der Waals surface area (Å²) in [7, 11) is 7.94. The Labute approximate surface area is 255 Å². The van der Waals surface area contributed by atoms with Crippen molar-refractivity contribution in [1.82, 2.24) is 24.4 Å². The van der Waals surface area contributed by atoms with Gasteiger partial charge in [-0.2, -0.15) is 18.3 Å². The Balaban J connectivity index is 1.68. The predicted octanol–water partition coefficient (Wildman–Crippen LogP) is 4.21. The van der Waals surface area contributed by atoms with E-state index in [-0.39, 0.29) is 46.0 Å². The van der Waals surface area contributed by atoms with Crippen LogP contribution in [0.15, 0.2) is 51.7 Å². The molecule has 2 radical (unpaired) electrons. The van der Waals surface area contributed by atoms with E-state index in [9.17, 15) is 27.6 Å². The molecule has 8 nitrogen and oxygen atoms in total. The van der Waals surface area contributed by atoms with Crippen LogP contribution >= 0.6 is 15.9 Å². The fourth-order valence-electron chi connectivity index (χ4n) is 5.51. The Hall–Kier alpha value is -3.87. The lowest BCUT2D eigenvalue weighted by molar-refractivity contribution is -0.138. The van der Waals surface area contributed by atoms with Gasteiger partial charge < -0.3 is 10.2 Å². The van der Waals surface area contributed by atoms with Crippen LogP contribution in [0.5, 0.6) is 0 Å². The Morgan fingerprint density at radius 2 is 1.79 bits per heavy atom. The van der Waals surface area contributed by atoms with Crippen molar-refractivity contribution in [3.05, 3.63) is 90.8 Å². The number of nitrogens with zero attached hydrogens (tertiary/aromatic N) is 4. The van der Waals surface area contributed by atoms with E-state index in [1.807, 2.05) is 13.8 Å². The second-order valence-electron chi connectivity index (χ2n) is 11.1. The molecule has 1 aliphatic heterocycles. The van der Waals surface area contributed by atoms with E-state index in [0.717, 1.165) is 6.07 Å². The van der Waals surface area contributed by atoms with Gasteiger partial charge >= 0.3 is 6.18 Å². The third-order valence-corrected chi connectivity index (χ3v) is 8.31. The molecule has 1 N–H and O–H groups in total. The van der Waals surface area contributed by atoms with Crippen LogP contribution in [0.4, 0.5) is 13.2 Å². The summed E-state index contributed by atoms with van der Waals surface area (Å²) < 4.78 is 43.7. The number of halogens is 4. The predicted molar refractivity (Wildman–Crippen MR) is 160 cm³/mol. The molecule has 0 fully saturated rings. The van der Waals surface area contributed by atoms with Crippen LogP contribution in [0.3, 0.4) is 0 Å². The van der Waals surface area contributed by atoms with Gasteiger partial charge in [0.2, 0.25) is 0 Å². The number of alkyl halides is 3. The molecule has 222 valence electrons. The molecule has 2 amide bonds. The summed E-state index contributed by atoms with van der Waals surface area (Å²) in [6.07, 6.45) is -3.99. The van der Waals surface area contributed by atoms with Gasteiger partial charge in [0, 0.05) is 45.4 Å². The molecule has 13 heteroatoms. The highest BCUT2D eigenvalue weighted by molar-refractivity contribution is 9.10. The summed E-state index contributed by atoms with van der Waals surface area (Å²) in [6, 6.07) is 9.46. The molecule has 0 unspecified atom stereocenters. The zero-order valence-electron chi connectivity index (χ0n) is 23.9. The highest BCUT2D eigenvalue weighted by Gasteiger charge is 2.36. The lowest BCUT2D eigenvalue weighted by atomic mass is 9.93. The van der Waals surface area contributed by atoms with E-state index in [0.29, 0.717) is 40.1 Å². The average Bonchev–Trinajstić information content (AvgIpc) is 3.26. The normalized spacial score (nSPS) is 15.2. The van der Waals surface area contributed by atoms with Gasteiger partial charge in [-0.05, 0) is 68.1 Å². The Morgan fingerprint density at radius 3 is 2.40 bits per heavy atom. The van der Waals surface area contributed by atoms with Crippen LogP contribution < -0.4 is 16.5 Å². The van der Waals surface area contributed by atoms with Gasteiger partial charge in [0.05, 0.1) is 23.5 Å². The second kappa shape index (κ2) is 11.3. The number of hydrogen-bond acceptors (Lipinski definition) is 4. The maximum absolute atomic E-state index is 14.2. The summed E-state index contributed by atoms with van der Waals surface area (Å²) in [6.45, 7) is 5.71. The summed E-state index contributed by atoms with van der Waals surface area (Å²) in [5.74, 6) is -0.695. The quantitative estimate of drug-likeness (QED) is 0.327. The van der Waals surface area contributed by atoms with Crippen LogP contribution in [0, 0.1) is 5.92 Å². The number of fused-ring (bicyclic) bond motifs is 3. The molecule has 0 saturated heterocycles. The number of rotatable bonds is 5. The van der Waals surface area contributed by atoms with Gasteiger partial charge in [0.1, 0.15) is 13.5 Å². The highest BCUT2D eigenvalue weighted by atomic mass is 79.9. The van der Waals surface area contributed by atoms with Crippen molar-refractivity contribution in [2.75, 3.05) is 7.05 Å². The van der Waals surface area contributed by atoms with E-state index >= 15 is 0 Å². The highest BCUT2D eigenvalue weighted by Crippen LogP contribution is 2.36. The minimum Gasteiger partial charge on any atom is -0.355 e. The number of carbonyl (C=O) groups is 2. The Kier molecular flexibility index (Phi) is 8.06. The van der Waals surface area contributed by atoms with E-state index in [1.54, 1.807) is 35.7 Å². The summed E-state index contributed by atoms with van der Waals surface area (Å²) in [5, 5.41) is 7.16. The maximum Gasteiger partial charge on any atom is 0.417 e. The van der Waals surface area contributed by atoms with Crippen molar-refractivity contribution < 1.29 is 22.8 Å². The third kappa shape index (κ3) is 5.50. The molecular formula is C30H28BBrF3N5O3. The lowest BCUT2D eigenvalue weighted by Crippen LogP contribution is -2.46. The van der Waals surface area contributed by atoms with E-state index in [1.165, 1.54) is 28.6 Å². The Morgan fingerprint density at radius 1 is 1.14 bits per heavy atom. The standard InChI is InChI=1S/C30H28BBrF3N5O3/c1-15(2)11-21-25(31)37-40-24-14-38(28(42)18-7-10-23(32)22(13-18)30(33,34)35)16(3)12-20(24)29(43)39(27(21)40)19-8-5-17(6-9-19)26(41)36-4/h5-10,13,15-16H,11-12,14H2,1-4H3,(H,36,41)/t16-/m1/s1. The van der Waals surface area contributed by atoms with Crippen molar-refractivity contribution in [1.29, 1.82) is 0 Å². The molecule has 0 saturated carbocycles. The van der Waals surface area contributed by atoms with Crippen molar-refractivity contribution in [3.8, 4) is 5.69 Å². The van der Waals surface area contributed by atoms with Gasteiger partial charge in [0.25, 0.3) is 17.4 Å². The molecule has 0 bridgehead atoms. The Bertz CT molecular complexity index is 1820. The zero-order chi connectivity index (χ0) is 31.4. The number of aromatic nitrogens is 3. The number of hydrogen-bond donors (Lipinski definition) is 1. The molecule has 2 aromatic carbocycles. The molecule has 3 heterocycles. The first-order chi connectivity index (χ1) is 20.2. The summed E-state index contributed by atoms with van der Waals surface area (Å²) in [4.78, 5) is 41.4. The van der Waals surface area contributed by atoms with Gasteiger partial charge in [0.15, 0.2) is 0 Å². The molecule has 1 atom stereocenters. The van der Waals surface area contributed by atoms with Crippen molar-refractivity contribution in [2.45, 2.75) is 52.4 Å². The van der Waals surface area contributed by atoms with Crippen LogP contribution in [0.2, 0.25) is 0 Å². The fourth-order valence-corrected chi connectivity index (χ4v) is 5.98. The maximum atomic E-state index is 14.2. The van der Waals surface area contributed by atoms with Crippen LogP contribution in [0.25, 0.3) is 11.3 Å². The van der Waals surface area contributed by atoms with Crippen molar-refractivity contribution in [3.63, 3.8) is 0 Å². The van der Waals surface area contributed by atoms with Crippen LogP contribution in [-0.2, 0) is 25.6 Å². The zero-order valence-corrected chi connectivity index (χ0v) is 25.5. The second-order valence-corrected chi connectivity index (χ2v) is 11.9. The van der Waals surface area contributed by atoms with Gasteiger partial charge in [-0.3, -0.25) is 19.0 Å². The van der Waals surface area contributed by atoms with Crippen LogP contribution in [-0.4, -0.2) is 51.8 Å². The first kappa shape index (κ1) is 30.6. The molecule has 43 heavy (non-hydrogen) atoms. The van der Waals surface area contributed by atoms with E-state index in [4.69, 9.17) is 7.85 Å². The number of amides is 2. The molecular weight excluding hydrogens is 626 g/mol. The third-order valence-electron chi connectivity index (χ3n) is 7.62. The minimum absolute atomic E-state index is 0.0584. The van der Waals surface area contributed by atoms with Gasteiger partial charge in [-0.1, -0.05) is 29.8 Å². The number of benzene rings is 2. The molecule has 0 spiro atoms. The fraction of sp³-hybridized carbons (Fsp3) is 0.333. The van der Waals surface area contributed by atoms with Gasteiger partial charge in [-0.25, -0.2) is 4.52 Å². The molecule has 0 aliphatic carbocycles. The number of carbonyl (C=O) groups excluding carboxylic acids is 2. The number of nitrogens with one attached hydrogen (secondary N) is 1. The first-order valence-electron chi connectivity index (χ1n) is 13.7. The monoisotopic (exact) mass is 653 g/mol. The van der Waals surface area contributed by atoms with Gasteiger partial charge in [-0.15, -0.1) is 0 Å². The van der Waals surface area contributed by atoms with Crippen LogP contribution in [0.1, 0.15) is 63.9 Å². The smallest absolute Gasteiger partial charge is 0.355 e. The van der Waals surface area contributed by atoms with E-state index < -0.39 is 23.7 Å². The molecule has 5 rings (SSSR count). The first-order valence-corrected chi connectivity index (χ1v) is 14.5. The largest absolute Gasteiger partial charge is 0.417 e. The molecule has 4 aromatic rings. The summed E-state index contributed by atoms with van der Waals surface area (Å²) >= 11 is 2.92.